The van der Waals surface area contributed by atoms with Gasteiger partial charge in [-0.2, -0.15) is 0 Å². The molecule has 4 nitrogen and oxygen atoms in total. The van der Waals surface area contributed by atoms with Crippen LogP contribution in [0.1, 0.15) is 34.1 Å². The van der Waals surface area contributed by atoms with Crippen LogP contribution in [0.25, 0.3) is 0 Å². The summed E-state index contributed by atoms with van der Waals surface area (Å²) in [7, 11) is 0. The Morgan fingerprint density at radius 3 is 2.50 bits per heavy atom. The van der Waals surface area contributed by atoms with Gasteiger partial charge in [0.05, 0.1) is 23.6 Å². The van der Waals surface area contributed by atoms with E-state index in [1.54, 1.807) is 12.4 Å². The molecule has 0 bridgehead atoms. The van der Waals surface area contributed by atoms with Gasteiger partial charge in [0.1, 0.15) is 0 Å². The first-order chi connectivity index (χ1) is 8.61. The Labute approximate surface area is 107 Å². The second-order valence-corrected chi connectivity index (χ2v) is 4.54. The Kier molecular flexibility index (Phi) is 3.69. The van der Waals surface area contributed by atoms with E-state index < -0.39 is 0 Å². The van der Waals surface area contributed by atoms with E-state index in [4.69, 9.17) is 5.84 Å². The zero-order valence-electron chi connectivity index (χ0n) is 10.9. The summed E-state index contributed by atoms with van der Waals surface area (Å²) in [5.74, 6) is 5.68. The number of nitrogens with one attached hydrogen (secondary N) is 1. The topological polar surface area (TPSA) is 63.8 Å². The minimum Gasteiger partial charge on any atom is -0.271 e. The highest BCUT2D eigenvalue weighted by molar-refractivity contribution is 5.36. The van der Waals surface area contributed by atoms with Crippen molar-refractivity contribution in [1.82, 2.24) is 15.4 Å². The quantitative estimate of drug-likeness (QED) is 0.638. The second kappa shape index (κ2) is 5.25. The highest BCUT2D eigenvalue weighted by Gasteiger charge is 2.16. The Bertz CT molecular complexity index is 534. The normalized spacial score (nSPS) is 12.4. The summed E-state index contributed by atoms with van der Waals surface area (Å²) in [6.45, 7) is 6.05. The SMILES string of the molecule is Cc1ccc(C)c(C(NN)c2cnc(C)cn2)c1. The molecule has 0 aliphatic rings. The molecule has 18 heavy (non-hydrogen) atoms. The van der Waals surface area contributed by atoms with Crippen molar-refractivity contribution in [3.63, 3.8) is 0 Å². The van der Waals surface area contributed by atoms with E-state index in [-0.39, 0.29) is 6.04 Å². The third-order valence-corrected chi connectivity index (χ3v) is 3.01. The molecule has 1 aromatic heterocycles. The molecule has 1 atom stereocenters. The number of hydrogen-bond acceptors (Lipinski definition) is 4. The van der Waals surface area contributed by atoms with Crippen molar-refractivity contribution >= 4 is 0 Å². The number of benzene rings is 1. The van der Waals surface area contributed by atoms with E-state index in [0.717, 1.165) is 17.0 Å². The van der Waals surface area contributed by atoms with Gasteiger partial charge in [0, 0.05) is 6.20 Å². The van der Waals surface area contributed by atoms with Crippen LogP contribution in [0.3, 0.4) is 0 Å². The Morgan fingerprint density at radius 1 is 1.11 bits per heavy atom. The minimum absolute atomic E-state index is 0.127. The Hall–Kier alpha value is -1.78. The number of hydrogen-bond donors (Lipinski definition) is 2. The predicted molar refractivity (Wildman–Crippen MR) is 71.9 cm³/mol. The molecule has 1 unspecified atom stereocenters. The molecule has 0 saturated carbocycles. The van der Waals surface area contributed by atoms with Gasteiger partial charge in [-0.15, -0.1) is 0 Å². The smallest absolute Gasteiger partial charge is 0.0899 e. The molecule has 4 heteroatoms. The van der Waals surface area contributed by atoms with Crippen LogP contribution in [0, 0.1) is 20.8 Å². The first-order valence-corrected chi connectivity index (χ1v) is 5.93. The molecular weight excluding hydrogens is 224 g/mol. The predicted octanol–water partition coefficient (Wildman–Crippen LogP) is 1.95. The molecule has 2 aromatic rings. The number of nitrogens with two attached hydrogens (primary N) is 1. The molecule has 0 spiro atoms. The van der Waals surface area contributed by atoms with Gasteiger partial charge in [-0.1, -0.05) is 23.8 Å². The largest absolute Gasteiger partial charge is 0.271 e. The van der Waals surface area contributed by atoms with Gasteiger partial charge in [0.15, 0.2) is 0 Å². The summed E-state index contributed by atoms with van der Waals surface area (Å²) in [6, 6.07) is 6.18. The van der Waals surface area contributed by atoms with Crippen LogP contribution < -0.4 is 11.3 Å². The van der Waals surface area contributed by atoms with E-state index in [2.05, 4.69) is 47.4 Å². The van der Waals surface area contributed by atoms with Crippen molar-refractivity contribution in [1.29, 1.82) is 0 Å². The summed E-state index contributed by atoms with van der Waals surface area (Å²) in [5, 5.41) is 0. The summed E-state index contributed by atoms with van der Waals surface area (Å²) < 4.78 is 0. The molecule has 1 heterocycles. The van der Waals surface area contributed by atoms with Crippen molar-refractivity contribution in [2.45, 2.75) is 26.8 Å². The third kappa shape index (κ3) is 2.55. The van der Waals surface area contributed by atoms with Crippen molar-refractivity contribution in [3.05, 3.63) is 58.7 Å². The lowest BCUT2D eigenvalue weighted by atomic mass is 9.97. The summed E-state index contributed by atoms with van der Waals surface area (Å²) in [5.41, 5.74) is 8.07. The van der Waals surface area contributed by atoms with Crippen molar-refractivity contribution in [3.8, 4) is 0 Å². The van der Waals surface area contributed by atoms with E-state index in [1.165, 1.54) is 11.1 Å². The van der Waals surface area contributed by atoms with Crippen molar-refractivity contribution in [2.24, 2.45) is 5.84 Å². The van der Waals surface area contributed by atoms with Crippen molar-refractivity contribution < 1.29 is 0 Å². The number of aromatic nitrogens is 2. The first kappa shape index (κ1) is 12.7. The molecule has 1 aromatic carbocycles. The monoisotopic (exact) mass is 242 g/mol. The molecule has 0 fully saturated rings. The number of hydrazine groups is 1. The van der Waals surface area contributed by atoms with Crippen LogP contribution >= 0.6 is 0 Å². The Balaban J connectivity index is 2.44. The van der Waals surface area contributed by atoms with Crippen LogP contribution in [-0.4, -0.2) is 9.97 Å². The van der Waals surface area contributed by atoms with Crippen molar-refractivity contribution in [2.75, 3.05) is 0 Å². The van der Waals surface area contributed by atoms with Crippen LogP contribution in [0.5, 0.6) is 0 Å². The fourth-order valence-electron chi connectivity index (χ4n) is 1.96. The van der Waals surface area contributed by atoms with Crippen LogP contribution in [0.15, 0.2) is 30.6 Å². The van der Waals surface area contributed by atoms with Gasteiger partial charge in [0.2, 0.25) is 0 Å². The lowest BCUT2D eigenvalue weighted by Crippen LogP contribution is -2.30. The van der Waals surface area contributed by atoms with Gasteiger partial charge < -0.3 is 0 Å². The third-order valence-electron chi connectivity index (χ3n) is 3.01. The van der Waals surface area contributed by atoms with E-state index in [0.29, 0.717) is 0 Å². The van der Waals surface area contributed by atoms with Gasteiger partial charge in [0.25, 0.3) is 0 Å². The molecule has 2 rings (SSSR count). The Morgan fingerprint density at radius 2 is 1.89 bits per heavy atom. The minimum atomic E-state index is -0.127. The molecule has 3 N–H and O–H groups in total. The average Bonchev–Trinajstić information content (AvgIpc) is 2.37. The van der Waals surface area contributed by atoms with E-state index in [1.807, 2.05) is 6.92 Å². The zero-order chi connectivity index (χ0) is 13.1. The lowest BCUT2D eigenvalue weighted by molar-refractivity contribution is 0.613. The standard InChI is InChI=1S/C14H18N4/c1-9-4-5-10(2)12(6-9)14(18-15)13-8-16-11(3)7-17-13/h4-8,14,18H,15H2,1-3H3. The maximum absolute atomic E-state index is 5.68. The van der Waals surface area contributed by atoms with Crippen LogP contribution in [0.2, 0.25) is 0 Å². The zero-order valence-corrected chi connectivity index (χ0v) is 10.9. The number of nitrogens with zero attached hydrogens (tertiary/aromatic N) is 2. The molecular formula is C14H18N4. The molecule has 0 radical (unpaired) electrons. The average molecular weight is 242 g/mol. The fraction of sp³-hybridized carbons (Fsp3) is 0.286. The maximum atomic E-state index is 5.68. The van der Waals surface area contributed by atoms with Gasteiger partial charge in [-0.3, -0.25) is 15.8 Å². The summed E-state index contributed by atoms with van der Waals surface area (Å²) >= 11 is 0. The highest BCUT2D eigenvalue weighted by atomic mass is 15.2. The lowest BCUT2D eigenvalue weighted by Gasteiger charge is -2.18. The highest BCUT2D eigenvalue weighted by Crippen LogP contribution is 2.23. The maximum Gasteiger partial charge on any atom is 0.0899 e. The molecule has 0 saturated heterocycles. The first-order valence-electron chi connectivity index (χ1n) is 5.93. The van der Waals surface area contributed by atoms with Crippen LogP contribution in [-0.2, 0) is 0 Å². The van der Waals surface area contributed by atoms with Gasteiger partial charge in [-0.05, 0) is 31.9 Å². The number of rotatable bonds is 3. The van der Waals surface area contributed by atoms with Crippen LogP contribution in [0.4, 0.5) is 0 Å². The van der Waals surface area contributed by atoms with E-state index in [9.17, 15) is 0 Å². The molecule has 0 aliphatic carbocycles. The number of aryl methyl sites for hydroxylation is 3. The fourth-order valence-corrected chi connectivity index (χ4v) is 1.96. The molecule has 94 valence electrons. The second-order valence-electron chi connectivity index (χ2n) is 4.54. The van der Waals surface area contributed by atoms with Gasteiger partial charge >= 0.3 is 0 Å². The summed E-state index contributed by atoms with van der Waals surface area (Å²) in [4.78, 5) is 8.66. The van der Waals surface area contributed by atoms with Gasteiger partial charge in [-0.25, -0.2) is 5.43 Å². The summed E-state index contributed by atoms with van der Waals surface area (Å²) in [6.07, 6.45) is 3.52. The molecule has 0 aliphatic heterocycles. The molecule has 0 amide bonds. The van der Waals surface area contributed by atoms with E-state index >= 15 is 0 Å².